The minimum absolute atomic E-state index is 0.0297. The lowest BCUT2D eigenvalue weighted by Gasteiger charge is -2.14. The van der Waals surface area contributed by atoms with E-state index in [0.29, 0.717) is 0 Å². The van der Waals surface area contributed by atoms with E-state index in [1.165, 1.54) is 32.1 Å². The Bertz CT molecular complexity index is 213. The molecule has 0 aliphatic rings. The summed E-state index contributed by atoms with van der Waals surface area (Å²) >= 11 is 0. The number of unbranched alkanes of at least 4 members (excludes halogenated alkanes) is 6. The number of nitrogens with one attached hydrogen (secondary N) is 1. The van der Waals surface area contributed by atoms with Crippen LogP contribution in [-0.4, -0.2) is 29.1 Å². The van der Waals surface area contributed by atoms with Gasteiger partial charge in [0.1, 0.15) is 6.23 Å². The van der Waals surface area contributed by atoms with Crippen molar-refractivity contribution in [3.63, 3.8) is 0 Å². The highest BCUT2D eigenvalue weighted by molar-refractivity contribution is 5.66. The van der Waals surface area contributed by atoms with Gasteiger partial charge >= 0.3 is 5.97 Å². The van der Waals surface area contributed by atoms with Crippen molar-refractivity contribution in [3.8, 4) is 0 Å². The van der Waals surface area contributed by atoms with Crippen molar-refractivity contribution >= 4 is 5.97 Å². The summed E-state index contributed by atoms with van der Waals surface area (Å²) in [4.78, 5) is 15.0. The quantitative estimate of drug-likeness (QED) is 0.196. The van der Waals surface area contributed by atoms with Crippen molar-refractivity contribution in [2.24, 2.45) is 0 Å². The first-order valence-electron chi connectivity index (χ1n) is 7.12. The van der Waals surface area contributed by atoms with E-state index in [0.717, 1.165) is 19.4 Å². The maximum absolute atomic E-state index is 10.4. The predicted octanol–water partition coefficient (Wildman–Crippen LogP) is 2.94. The summed E-state index contributed by atoms with van der Waals surface area (Å²) in [5.41, 5.74) is 0. The normalized spacial score (nSPS) is 12.5. The molecule has 0 saturated heterocycles. The number of rotatable bonds is 14. The molecule has 0 saturated carbocycles. The summed E-state index contributed by atoms with van der Waals surface area (Å²) in [5.74, 6) is -0.899. The molecule has 6 nitrogen and oxygen atoms in total. The molecular weight excluding hydrogens is 250 g/mol. The van der Waals surface area contributed by atoms with E-state index >= 15 is 0 Å². The molecule has 1 atom stereocenters. The van der Waals surface area contributed by atoms with Crippen LogP contribution < -0.4 is 5.32 Å². The molecule has 3 N–H and O–H groups in total. The molecule has 0 aliphatic heterocycles. The van der Waals surface area contributed by atoms with Gasteiger partial charge in [0.2, 0.25) is 0 Å². The Morgan fingerprint density at radius 2 is 1.79 bits per heavy atom. The van der Waals surface area contributed by atoms with Gasteiger partial charge in [-0.25, -0.2) is 5.26 Å². The molecule has 0 amide bonds. The third kappa shape index (κ3) is 13.5. The fraction of sp³-hybridized carbons (Fsp3) is 0.923. The van der Waals surface area contributed by atoms with Gasteiger partial charge in [-0.2, -0.15) is 4.89 Å². The van der Waals surface area contributed by atoms with Crippen molar-refractivity contribution in [1.29, 1.82) is 0 Å². The summed E-state index contributed by atoms with van der Waals surface area (Å²) < 4.78 is 0. The molecule has 0 aromatic carbocycles. The fourth-order valence-electron chi connectivity index (χ4n) is 1.84. The first kappa shape index (κ1) is 18.3. The number of hydrogen-bond donors (Lipinski definition) is 3. The zero-order chi connectivity index (χ0) is 14.3. The molecule has 1 unspecified atom stereocenters. The van der Waals surface area contributed by atoms with Crippen LogP contribution >= 0.6 is 0 Å². The van der Waals surface area contributed by atoms with Crippen molar-refractivity contribution in [1.82, 2.24) is 5.32 Å². The Kier molecular flexibility index (Phi) is 13.2. The zero-order valence-electron chi connectivity index (χ0n) is 11.8. The topological polar surface area (TPSA) is 88.0 Å². The fourth-order valence-corrected chi connectivity index (χ4v) is 1.84. The van der Waals surface area contributed by atoms with Crippen LogP contribution in [0.25, 0.3) is 0 Å². The van der Waals surface area contributed by atoms with Crippen molar-refractivity contribution in [2.75, 3.05) is 6.54 Å². The van der Waals surface area contributed by atoms with Gasteiger partial charge in [-0.3, -0.25) is 10.1 Å². The Morgan fingerprint density at radius 3 is 2.37 bits per heavy atom. The van der Waals surface area contributed by atoms with Crippen LogP contribution in [0.15, 0.2) is 0 Å². The second kappa shape index (κ2) is 13.7. The van der Waals surface area contributed by atoms with Gasteiger partial charge in [0, 0.05) is 12.8 Å². The molecule has 114 valence electrons. The van der Waals surface area contributed by atoms with Crippen LogP contribution in [0.3, 0.4) is 0 Å². The minimum atomic E-state index is -0.899. The molecule has 0 radical (unpaired) electrons. The van der Waals surface area contributed by atoms with Crippen molar-refractivity contribution < 1.29 is 25.1 Å². The maximum Gasteiger partial charge on any atom is 0.303 e. The molecule has 0 bridgehead atoms. The van der Waals surface area contributed by atoms with E-state index in [1.807, 2.05) is 0 Å². The van der Waals surface area contributed by atoms with Crippen LogP contribution in [0, 0.1) is 0 Å². The first-order valence-corrected chi connectivity index (χ1v) is 7.12. The van der Waals surface area contributed by atoms with Crippen molar-refractivity contribution in [2.45, 2.75) is 70.9 Å². The van der Waals surface area contributed by atoms with Gasteiger partial charge in [0.25, 0.3) is 0 Å². The summed E-state index contributed by atoms with van der Waals surface area (Å²) in [6, 6.07) is 0. The molecule has 0 rings (SSSR count). The van der Waals surface area contributed by atoms with Gasteiger partial charge in [-0.15, -0.1) is 0 Å². The third-order valence-corrected chi connectivity index (χ3v) is 2.93. The van der Waals surface area contributed by atoms with E-state index in [4.69, 9.17) is 10.4 Å². The molecule has 0 heterocycles. The standard InChI is InChI=1S/C13H27NO5/c1-2-3-4-5-6-7-8-11-14-12(18-19-17)9-10-13(15)16/h12,14,17H,2-11H2,1H3,(H,15,16). The number of carbonyl (C=O) groups is 1. The van der Waals surface area contributed by atoms with E-state index in [2.05, 4.69) is 22.2 Å². The smallest absolute Gasteiger partial charge is 0.303 e. The maximum atomic E-state index is 10.4. The molecular formula is C13H27NO5. The van der Waals surface area contributed by atoms with E-state index in [-0.39, 0.29) is 12.8 Å². The second-order valence-corrected chi connectivity index (χ2v) is 4.67. The Morgan fingerprint density at radius 1 is 1.16 bits per heavy atom. The van der Waals surface area contributed by atoms with Gasteiger partial charge in [-0.05, 0) is 13.0 Å². The zero-order valence-corrected chi connectivity index (χ0v) is 11.8. The summed E-state index contributed by atoms with van der Waals surface area (Å²) in [5, 5.41) is 23.4. The lowest BCUT2D eigenvalue weighted by molar-refractivity contribution is -0.509. The summed E-state index contributed by atoms with van der Waals surface area (Å²) in [6.07, 6.45) is 8.14. The first-order chi connectivity index (χ1) is 9.20. The number of aliphatic carboxylic acids is 1. The molecule has 19 heavy (non-hydrogen) atoms. The van der Waals surface area contributed by atoms with Gasteiger partial charge in [-0.1, -0.05) is 50.5 Å². The summed E-state index contributed by atoms with van der Waals surface area (Å²) in [6.45, 7) is 2.92. The van der Waals surface area contributed by atoms with Crippen LogP contribution in [0.2, 0.25) is 0 Å². The largest absolute Gasteiger partial charge is 0.481 e. The predicted molar refractivity (Wildman–Crippen MR) is 71.5 cm³/mol. The number of carboxylic acid groups (broad SMARTS) is 1. The molecule has 0 aromatic heterocycles. The minimum Gasteiger partial charge on any atom is -0.481 e. The third-order valence-electron chi connectivity index (χ3n) is 2.93. The highest BCUT2D eigenvalue weighted by atomic mass is 17.5. The summed E-state index contributed by atoms with van der Waals surface area (Å²) in [7, 11) is 0. The molecule has 0 spiro atoms. The van der Waals surface area contributed by atoms with E-state index in [9.17, 15) is 4.79 Å². The lowest BCUT2D eigenvalue weighted by Crippen LogP contribution is -2.33. The average Bonchev–Trinajstić information content (AvgIpc) is 2.38. The Balaban J connectivity index is 3.44. The monoisotopic (exact) mass is 277 g/mol. The van der Waals surface area contributed by atoms with E-state index < -0.39 is 12.2 Å². The van der Waals surface area contributed by atoms with Crippen LogP contribution in [0.5, 0.6) is 0 Å². The van der Waals surface area contributed by atoms with Crippen LogP contribution in [0.1, 0.15) is 64.7 Å². The van der Waals surface area contributed by atoms with Gasteiger partial charge < -0.3 is 5.11 Å². The van der Waals surface area contributed by atoms with E-state index in [1.54, 1.807) is 0 Å². The highest BCUT2D eigenvalue weighted by Crippen LogP contribution is 2.07. The Hall–Kier alpha value is -0.690. The highest BCUT2D eigenvalue weighted by Gasteiger charge is 2.11. The molecule has 0 aromatic rings. The SMILES string of the molecule is CCCCCCCCCNC(CCC(=O)O)OOO. The van der Waals surface area contributed by atoms with Crippen LogP contribution in [0.4, 0.5) is 0 Å². The average molecular weight is 277 g/mol. The van der Waals surface area contributed by atoms with Gasteiger partial charge in [0.05, 0.1) is 0 Å². The molecule has 0 aliphatic carbocycles. The van der Waals surface area contributed by atoms with Crippen LogP contribution in [-0.2, 0) is 14.7 Å². The molecule has 0 fully saturated rings. The van der Waals surface area contributed by atoms with Crippen molar-refractivity contribution in [3.05, 3.63) is 0 Å². The number of carboxylic acids is 1. The van der Waals surface area contributed by atoms with Gasteiger partial charge in [0.15, 0.2) is 0 Å². The second-order valence-electron chi connectivity index (χ2n) is 4.67. The Labute approximate surface area is 115 Å². The molecule has 6 heteroatoms. The number of hydrogen-bond acceptors (Lipinski definition) is 5. The lowest BCUT2D eigenvalue weighted by atomic mass is 10.1.